The second-order valence-corrected chi connectivity index (χ2v) is 6.55. The molecule has 2 N–H and O–H groups in total. The van der Waals surface area contributed by atoms with Gasteiger partial charge in [0.1, 0.15) is 4.88 Å². The SMILES string of the molecule is Cc1cc(C(=O)Nc2c(C)csc2C(=O)O)c(C)s1. The average Bonchev–Trinajstić information content (AvgIpc) is 2.83. The molecule has 0 fully saturated rings. The lowest BCUT2D eigenvalue weighted by molar-refractivity contribution is 0.0703. The number of carbonyl (C=O) groups is 2. The van der Waals surface area contributed by atoms with E-state index >= 15 is 0 Å². The molecule has 0 spiro atoms. The Morgan fingerprint density at radius 2 is 1.95 bits per heavy atom. The van der Waals surface area contributed by atoms with Gasteiger partial charge in [0.2, 0.25) is 0 Å². The van der Waals surface area contributed by atoms with Gasteiger partial charge >= 0.3 is 5.97 Å². The third-order valence-corrected chi connectivity index (χ3v) is 4.75. The minimum atomic E-state index is -1.02. The largest absolute Gasteiger partial charge is 0.477 e. The van der Waals surface area contributed by atoms with Crippen LogP contribution in [0.25, 0.3) is 0 Å². The summed E-state index contributed by atoms with van der Waals surface area (Å²) in [6.45, 7) is 5.60. The predicted octanol–water partition coefficient (Wildman–Crippen LogP) is 3.69. The number of nitrogens with one attached hydrogen (secondary N) is 1. The molecule has 19 heavy (non-hydrogen) atoms. The lowest BCUT2D eigenvalue weighted by atomic mass is 10.2. The standard InChI is InChI=1S/C13H13NO3S2/c1-6-5-18-11(13(16)17)10(6)14-12(15)9-4-7(2)19-8(9)3/h4-5H,1-3H3,(H,14,15)(H,16,17). The van der Waals surface area contributed by atoms with Crippen LogP contribution in [0.4, 0.5) is 5.69 Å². The quantitative estimate of drug-likeness (QED) is 0.907. The Morgan fingerprint density at radius 3 is 2.47 bits per heavy atom. The van der Waals surface area contributed by atoms with E-state index in [4.69, 9.17) is 5.11 Å². The zero-order valence-electron chi connectivity index (χ0n) is 10.7. The Labute approximate surface area is 118 Å². The molecule has 100 valence electrons. The van der Waals surface area contributed by atoms with E-state index in [0.29, 0.717) is 11.3 Å². The second kappa shape index (κ2) is 5.14. The maximum Gasteiger partial charge on any atom is 0.348 e. The molecule has 2 rings (SSSR count). The fourth-order valence-corrected chi connectivity index (χ4v) is 3.56. The Bertz CT molecular complexity index is 655. The summed E-state index contributed by atoms with van der Waals surface area (Å²) in [7, 11) is 0. The number of aryl methyl sites for hydroxylation is 3. The van der Waals surface area contributed by atoms with Crippen LogP contribution in [0.3, 0.4) is 0 Å². The van der Waals surface area contributed by atoms with Gasteiger partial charge in [0.25, 0.3) is 5.91 Å². The van der Waals surface area contributed by atoms with Gasteiger partial charge in [0.15, 0.2) is 0 Å². The van der Waals surface area contributed by atoms with Crippen LogP contribution in [0.5, 0.6) is 0 Å². The molecule has 0 atom stereocenters. The summed E-state index contributed by atoms with van der Waals surface area (Å²) in [6, 6.07) is 1.82. The van der Waals surface area contributed by atoms with E-state index < -0.39 is 5.97 Å². The van der Waals surface area contributed by atoms with Gasteiger partial charge in [-0.3, -0.25) is 4.79 Å². The number of carboxylic acid groups (broad SMARTS) is 1. The summed E-state index contributed by atoms with van der Waals surface area (Å²) >= 11 is 2.67. The zero-order chi connectivity index (χ0) is 14.2. The highest BCUT2D eigenvalue weighted by atomic mass is 32.1. The van der Waals surface area contributed by atoms with E-state index in [2.05, 4.69) is 5.32 Å². The van der Waals surface area contributed by atoms with Crippen molar-refractivity contribution in [1.29, 1.82) is 0 Å². The molecular formula is C13H13NO3S2. The van der Waals surface area contributed by atoms with E-state index in [0.717, 1.165) is 26.7 Å². The van der Waals surface area contributed by atoms with Crippen molar-refractivity contribution < 1.29 is 14.7 Å². The monoisotopic (exact) mass is 295 g/mol. The maximum atomic E-state index is 12.2. The molecule has 0 unspecified atom stereocenters. The van der Waals surface area contributed by atoms with Crippen molar-refractivity contribution in [2.24, 2.45) is 0 Å². The van der Waals surface area contributed by atoms with Crippen LogP contribution < -0.4 is 5.32 Å². The fraction of sp³-hybridized carbons (Fsp3) is 0.231. The number of rotatable bonds is 3. The Balaban J connectivity index is 2.31. The fourth-order valence-electron chi connectivity index (χ4n) is 1.79. The number of thiophene rings is 2. The summed E-state index contributed by atoms with van der Waals surface area (Å²) in [5, 5.41) is 13.5. The number of carboxylic acids is 1. The topological polar surface area (TPSA) is 66.4 Å². The first-order valence-corrected chi connectivity index (χ1v) is 7.29. The molecule has 0 saturated heterocycles. The molecule has 2 aromatic heterocycles. The molecule has 0 aliphatic heterocycles. The molecule has 0 bridgehead atoms. The lowest BCUT2D eigenvalue weighted by Crippen LogP contribution is -2.14. The van der Waals surface area contributed by atoms with Crippen molar-refractivity contribution in [3.63, 3.8) is 0 Å². The van der Waals surface area contributed by atoms with E-state index in [-0.39, 0.29) is 10.8 Å². The highest BCUT2D eigenvalue weighted by Gasteiger charge is 2.19. The summed E-state index contributed by atoms with van der Waals surface area (Å²) in [5.41, 5.74) is 1.76. The molecule has 0 radical (unpaired) electrons. The molecule has 6 heteroatoms. The summed E-state index contributed by atoms with van der Waals surface area (Å²) in [6.07, 6.45) is 0. The van der Waals surface area contributed by atoms with Crippen LogP contribution in [-0.4, -0.2) is 17.0 Å². The minimum absolute atomic E-state index is 0.162. The number of anilines is 1. The van der Waals surface area contributed by atoms with Gasteiger partial charge in [0.05, 0.1) is 11.3 Å². The van der Waals surface area contributed by atoms with E-state index in [1.807, 2.05) is 19.9 Å². The minimum Gasteiger partial charge on any atom is -0.477 e. The average molecular weight is 295 g/mol. The normalized spacial score (nSPS) is 10.5. The van der Waals surface area contributed by atoms with Gasteiger partial charge < -0.3 is 10.4 Å². The molecular weight excluding hydrogens is 282 g/mol. The molecule has 2 heterocycles. The molecule has 4 nitrogen and oxygen atoms in total. The first kappa shape index (κ1) is 13.8. The number of amides is 1. The Kier molecular flexibility index (Phi) is 3.73. The number of hydrogen-bond acceptors (Lipinski definition) is 4. The van der Waals surface area contributed by atoms with Crippen LogP contribution in [0.15, 0.2) is 11.4 Å². The zero-order valence-corrected chi connectivity index (χ0v) is 12.4. The Hall–Kier alpha value is -1.66. The van der Waals surface area contributed by atoms with Crippen molar-refractivity contribution >= 4 is 40.2 Å². The van der Waals surface area contributed by atoms with Crippen LogP contribution >= 0.6 is 22.7 Å². The summed E-state index contributed by atoms with van der Waals surface area (Å²) < 4.78 is 0. The van der Waals surface area contributed by atoms with Crippen molar-refractivity contribution in [2.45, 2.75) is 20.8 Å². The molecule has 0 aliphatic rings. The smallest absolute Gasteiger partial charge is 0.348 e. The van der Waals surface area contributed by atoms with Crippen molar-refractivity contribution in [1.82, 2.24) is 0 Å². The van der Waals surface area contributed by atoms with Crippen molar-refractivity contribution in [3.05, 3.63) is 37.2 Å². The first-order chi connectivity index (χ1) is 8.90. The van der Waals surface area contributed by atoms with E-state index in [1.165, 1.54) is 0 Å². The third-order valence-electron chi connectivity index (χ3n) is 2.69. The number of hydrogen-bond donors (Lipinski definition) is 2. The van der Waals surface area contributed by atoms with Gasteiger partial charge in [-0.05, 0) is 37.8 Å². The third kappa shape index (κ3) is 2.69. The van der Waals surface area contributed by atoms with Gasteiger partial charge in [-0.1, -0.05) is 0 Å². The molecule has 0 aliphatic carbocycles. The van der Waals surface area contributed by atoms with Gasteiger partial charge in [-0.25, -0.2) is 4.79 Å². The number of aromatic carboxylic acids is 1. The van der Waals surface area contributed by atoms with Crippen molar-refractivity contribution in [3.8, 4) is 0 Å². The summed E-state index contributed by atoms with van der Waals surface area (Å²) in [4.78, 5) is 25.4. The summed E-state index contributed by atoms with van der Waals surface area (Å²) in [5.74, 6) is -1.28. The van der Waals surface area contributed by atoms with E-state index in [9.17, 15) is 9.59 Å². The molecule has 1 amide bonds. The molecule has 0 aromatic carbocycles. The van der Waals surface area contributed by atoms with Gasteiger partial charge in [-0.15, -0.1) is 22.7 Å². The van der Waals surface area contributed by atoms with Gasteiger partial charge in [-0.2, -0.15) is 0 Å². The van der Waals surface area contributed by atoms with Crippen LogP contribution in [-0.2, 0) is 0 Å². The highest BCUT2D eigenvalue weighted by molar-refractivity contribution is 7.13. The van der Waals surface area contributed by atoms with E-state index in [1.54, 1.807) is 23.6 Å². The van der Waals surface area contributed by atoms with Crippen molar-refractivity contribution in [2.75, 3.05) is 5.32 Å². The highest BCUT2D eigenvalue weighted by Crippen LogP contribution is 2.29. The van der Waals surface area contributed by atoms with Crippen LogP contribution in [0.1, 0.15) is 35.3 Å². The van der Waals surface area contributed by atoms with Gasteiger partial charge in [0, 0.05) is 9.75 Å². The van der Waals surface area contributed by atoms with Crippen LogP contribution in [0.2, 0.25) is 0 Å². The Morgan fingerprint density at radius 1 is 1.26 bits per heavy atom. The lowest BCUT2D eigenvalue weighted by Gasteiger charge is -2.05. The second-order valence-electron chi connectivity index (χ2n) is 4.21. The van der Waals surface area contributed by atoms with Crippen LogP contribution in [0, 0.1) is 20.8 Å². The first-order valence-electron chi connectivity index (χ1n) is 5.60. The molecule has 2 aromatic rings. The predicted molar refractivity (Wildman–Crippen MR) is 77.8 cm³/mol. The number of carbonyl (C=O) groups excluding carboxylic acids is 1. The maximum absolute atomic E-state index is 12.2. The molecule has 0 saturated carbocycles.